The summed E-state index contributed by atoms with van der Waals surface area (Å²) in [7, 11) is 0. The van der Waals surface area contributed by atoms with Crippen molar-refractivity contribution in [1.82, 2.24) is 14.8 Å². The third kappa shape index (κ3) is 2.01. The first-order valence-corrected chi connectivity index (χ1v) is 8.08. The summed E-state index contributed by atoms with van der Waals surface area (Å²) in [6, 6.07) is 10.1. The van der Waals surface area contributed by atoms with Crippen molar-refractivity contribution in [2.75, 3.05) is 12.1 Å². The second-order valence-electron chi connectivity index (χ2n) is 5.27. The summed E-state index contributed by atoms with van der Waals surface area (Å²) in [6.07, 6.45) is 3.72. The molecule has 4 heterocycles. The monoisotopic (exact) mass is 324 g/mol. The maximum absolute atomic E-state index is 5.50. The van der Waals surface area contributed by atoms with E-state index < -0.39 is 0 Å². The molecule has 0 amide bonds. The van der Waals surface area contributed by atoms with Gasteiger partial charge < -0.3 is 14.8 Å². The van der Waals surface area contributed by atoms with E-state index in [4.69, 9.17) is 9.47 Å². The minimum atomic E-state index is -0.0413. The Labute approximate surface area is 136 Å². The Morgan fingerprint density at radius 2 is 2.17 bits per heavy atom. The highest BCUT2D eigenvalue weighted by molar-refractivity contribution is 7.11. The lowest BCUT2D eigenvalue weighted by Gasteiger charge is -2.23. The van der Waals surface area contributed by atoms with Crippen LogP contribution in [0.3, 0.4) is 0 Å². The molecular formula is C16H12N4O2S. The summed E-state index contributed by atoms with van der Waals surface area (Å²) < 4.78 is 12.8. The minimum Gasteiger partial charge on any atom is -0.454 e. The van der Waals surface area contributed by atoms with E-state index in [1.807, 2.05) is 28.9 Å². The van der Waals surface area contributed by atoms with Crippen molar-refractivity contribution >= 4 is 23.0 Å². The standard InChI is InChI=1S/C16H12N4O2S/c1-2-15(23-5-1)11-7-12(20-16(19-11)17-8-18-20)10-3-4-13-14(6-10)22-9-21-13/h1-8,12H,9H2,(H,17,18,19)/t12-/m1/s1. The van der Waals surface area contributed by atoms with Crippen LogP contribution in [0.25, 0.3) is 5.70 Å². The van der Waals surface area contributed by atoms with Gasteiger partial charge in [0.05, 0.1) is 10.6 Å². The minimum absolute atomic E-state index is 0.0413. The molecule has 3 aromatic rings. The van der Waals surface area contributed by atoms with Crippen LogP contribution in [0.2, 0.25) is 0 Å². The third-order valence-electron chi connectivity index (χ3n) is 3.93. The molecule has 114 valence electrons. The van der Waals surface area contributed by atoms with Gasteiger partial charge in [0.2, 0.25) is 12.7 Å². The fourth-order valence-corrected chi connectivity index (χ4v) is 3.55. The predicted octanol–water partition coefficient (Wildman–Crippen LogP) is 3.12. The Bertz CT molecular complexity index is 901. The molecule has 5 rings (SSSR count). The zero-order valence-electron chi connectivity index (χ0n) is 12.0. The van der Waals surface area contributed by atoms with Gasteiger partial charge in [-0.15, -0.1) is 11.3 Å². The summed E-state index contributed by atoms with van der Waals surface area (Å²) in [4.78, 5) is 5.48. The van der Waals surface area contributed by atoms with Crippen LogP contribution in [0.1, 0.15) is 16.5 Å². The van der Waals surface area contributed by atoms with Crippen LogP contribution < -0.4 is 14.8 Å². The molecule has 0 fully saturated rings. The summed E-state index contributed by atoms with van der Waals surface area (Å²) in [6.45, 7) is 0.274. The molecule has 1 N–H and O–H groups in total. The van der Waals surface area contributed by atoms with Gasteiger partial charge in [0.15, 0.2) is 11.5 Å². The SMILES string of the molecule is C1=C(c2cccs2)Nc2ncnn2[C@H]1c1ccc2c(c1)OCO2. The Morgan fingerprint density at radius 1 is 1.22 bits per heavy atom. The Hall–Kier alpha value is -2.80. The van der Waals surface area contributed by atoms with Crippen molar-refractivity contribution < 1.29 is 9.47 Å². The fraction of sp³-hybridized carbons (Fsp3) is 0.125. The van der Waals surface area contributed by atoms with Gasteiger partial charge in [0.25, 0.3) is 0 Å². The quantitative estimate of drug-likeness (QED) is 0.785. The lowest BCUT2D eigenvalue weighted by molar-refractivity contribution is 0.174. The highest BCUT2D eigenvalue weighted by atomic mass is 32.1. The molecule has 0 unspecified atom stereocenters. The topological polar surface area (TPSA) is 61.2 Å². The van der Waals surface area contributed by atoms with Gasteiger partial charge in [-0.1, -0.05) is 12.1 Å². The molecule has 0 saturated carbocycles. The van der Waals surface area contributed by atoms with E-state index in [0.29, 0.717) is 0 Å². The smallest absolute Gasteiger partial charge is 0.231 e. The molecule has 2 aromatic heterocycles. The van der Waals surface area contributed by atoms with Gasteiger partial charge in [0.1, 0.15) is 12.4 Å². The maximum Gasteiger partial charge on any atom is 0.231 e. The van der Waals surface area contributed by atoms with Crippen LogP contribution in [0.5, 0.6) is 11.5 Å². The number of benzene rings is 1. The first-order chi connectivity index (χ1) is 11.4. The van der Waals surface area contributed by atoms with Crippen molar-refractivity contribution in [3.63, 3.8) is 0 Å². The second-order valence-corrected chi connectivity index (χ2v) is 6.22. The highest BCUT2D eigenvalue weighted by Gasteiger charge is 2.25. The number of anilines is 1. The molecular weight excluding hydrogens is 312 g/mol. The highest BCUT2D eigenvalue weighted by Crippen LogP contribution is 2.38. The number of allylic oxidation sites excluding steroid dienone is 1. The fourth-order valence-electron chi connectivity index (χ4n) is 2.84. The third-order valence-corrected chi connectivity index (χ3v) is 4.84. The number of hydrogen-bond donors (Lipinski definition) is 1. The number of ether oxygens (including phenoxy) is 2. The summed E-state index contributed by atoms with van der Waals surface area (Å²) in [5.41, 5.74) is 2.12. The van der Waals surface area contributed by atoms with E-state index in [2.05, 4.69) is 32.9 Å². The van der Waals surface area contributed by atoms with Crippen molar-refractivity contribution in [2.45, 2.75) is 6.04 Å². The predicted molar refractivity (Wildman–Crippen MR) is 86.6 cm³/mol. The van der Waals surface area contributed by atoms with Crippen LogP contribution in [-0.4, -0.2) is 21.6 Å². The summed E-state index contributed by atoms with van der Waals surface area (Å²) in [5, 5.41) is 9.75. The molecule has 2 aliphatic heterocycles. The van der Waals surface area contributed by atoms with E-state index in [0.717, 1.165) is 28.7 Å². The van der Waals surface area contributed by atoms with E-state index in [1.165, 1.54) is 4.88 Å². The van der Waals surface area contributed by atoms with Gasteiger partial charge >= 0.3 is 0 Å². The second kappa shape index (κ2) is 4.85. The van der Waals surface area contributed by atoms with Crippen molar-refractivity contribution in [3.05, 3.63) is 58.6 Å². The summed E-state index contributed by atoms with van der Waals surface area (Å²) in [5.74, 6) is 2.29. The van der Waals surface area contributed by atoms with E-state index >= 15 is 0 Å². The molecule has 0 bridgehead atoms. The van der Waals surface area contributed by atoms with Crippen molar-refractivity contribution in [2.24, 2.45) is 0 Å². The van der Waals surface area contributed by atoms with Crippen LogP contribution >= 0.6 is 11.3 Å². The molecule has 1 atom stereocenters. The molecule has 0 spiro atoms. The number of nitrogens with one attached hydrogen (secondary N) is 1. The average molecular weight is 324 g/mol. The van der Waals surface area contributed by atoms with Crippen LogP contribution in [0.15, 0.2) is 48.1 Å². The average Bonchev–Trinajstić information content (AvgIpc) is 3.32. The number of fused-ring (bicyclic) bond motifs is 2. The van der Waals surface area contributed by atoms with E-state index in [1.54, 1.807) is 17.7 Å². The molecule has 7 heteroatoms. The molecule has 6 nitrogen and oxygen atoms in total. The Balaban J connectivity index is 1.63. The van der Waals surface area contributed by atoms with Crippen LogP contribution in [-0.2, 0) is 0 Å². The van der Waals surface area contributed by atoms with Crippen LogP contribution in [0, 0.1) is 0 Å². The van der Waals surface area contributed by atoms with Gasteiger partial charge in [-0.05, 0) is 35.2 Å². The number of thiophene rings is 1. The van der Waals surface area contributed by atoms with Gasteiger partial charge in [0, 0.05) is 0 Å². The molecule has 0 radical (unpaired) electrons. The Morgan fingerprint density at radius 3 is 3.09 bits per heavy atom. The molecule has 23 heavy (non-hydrogen) atoms. The van der Waals surface area contributed by atoms with Gasteiger partial charge in [-0.2, -0.15) is 10.1 Å². The van der Waals surface area contributed by atoms with E-state index in [9.17, 15) is 0 Å². The lowest BCUT2D eigenvalue weighted by atomic mass is 10.0. The molecule has 2 aliphatic rings. The summed E-state index contributed by atoms with van der Waals surface area (Å²) >= 11 is 1.69. The van der Waals surface area contributed by atoms with Crippen LogP contribution in [0.4, 0.5) is 5.95 Å². The van der Waals surface area contributed by atoms with Crippen molar-refractivity contribution in [3.8, 4) is 11.5 Å². The zero-order valence-corrected chi connectivity index (χ0v) is 12.8. The maximum atomic E-state index is 5.50. The Kier molecular flexibility index (Phi) is 2.68. The van der Waals surface area contributed by atoms with E-state index in [-0.39, 0.29) is 12.8 Å². The normalized spacial score (nSPS) is 18.3. The molecule has 0 saturated heterocycles. The lowest BCUT2D eigenvalue weighted by Crippen LogP contribution is -2.19. The first-order valence-electron chi connectivity index (χ1n) is 7.20. The largest absolute Gasteiger partial charge is 0.454 e. The van der Waals surface area contributed by atoms with Crippen molar-refractivity contribution in [1.29, 1.82) is 0 Å². The number of rotatable bonds is 2. The number of nitrogens with zero attached hydrogens (tertiary/aromatic N) is 3. The number of hydrogen-bond acceptors (Lipinski definition) is 6. The van der Waals surface area contributed by atoms with Gasteiger partial charge in [-0.25, -0.2) is 4.68 Å². The molecule has 1 aromatic carbocycles. The first kappa shape index (κ1) is 12.7. The van der Waals surface area contributed by atoms with Gasteiger partial charge in [-0.3, -0.25) is 0 Å². The number of aromatic nitrogens is 3. The molecule has 0 aliphatic carbocycles. The zero-order chi connectivity index (χ0) is 15.2.